The summed E-state index contributed by atoms with van der Waals surface area (Å²) in [6, 6.07) is 15.9. The Morgan fingerprint density at radius 3 is 2.34 bits per heavy atom. The first kappa shape index (κ1) is 19.1. The Morgan fingerprint density at radius 1 is 1.07 bits per heavy atom. The SMILES string of the molecule is CC(C)c1ccc(C2/C(=C(/O)c3ccccc3)C(=O)C(=O)N2c2nccs2)cc1. The van der Waals surface area contributed by atoms with Gasteiger partial charge in [-0.3, -0.25) is 14.5 Å². The summed E-state index contributed by atoms with van der Waals surface area (Å²) in [7, 11) is 0. The molecule has 29 heavy (non-hydrogen) atoms. The van der Waals surface area contributed by atoms with E-state index in [4.69, 9.17) is 0 Å². The van der Waals surface area contributed by atoms with Gasteiger partial charge in [-0.25, -0.2) is 4.98 Å². The van der Waals surface area contributed by atoms with E-state index in [1.54, 1.807) is 35.8 Å². The molecule has 1 amide bonds. The van der Waals surface area contributed by atoms with Crippen molar-refractivity contribution in [1.82, 2.24) is 4.98 Å². The zero-order valence-corrected chi connectivity index (χ0v) is 16.9. The van der Waals surface area contributed by atoms with E-state index in [1.807, 2.05) is 30.3 Å². The number of carbonyl (C=O) groups is 2. The van der Waals surface area contributed by atoms with E-state index in [0.29, 0.717) is 16.6 Å². The van der Waals surface area contributed by atoms with Crippen LogP contribution in [-0.4, -0.2) is 21.8 Å². The third kappa shape index (κ3) is 3.36. The molecule has 1 aliphatic rings. The number of carbonyl (C=O) groups excluding carboxylic acids is 2. The van der Waals surface area contributed by atoms with Crippen molar-refractivity contribution in [2.24, 2.45) is 0 Å². The Bertz CT molecular complexity index is 1070. The highest BCUT2D eigenvalue weighted by Gasteiger charge is 2.47. The highest BCUT2D eigenvalue weighted by atomic mass is 32.1. The quantitative estimate of drug-likeness (QED) is 0.382. The Kier molecular flexibility index (Phi) is 5.03. The summed E-state index contributed by atoms with van der Waals surface area (Å²) in [4.78, 5) is 31.5. The maximum atomic E-state index is 13.0. The molecule has 1 unspecified atom stereocenters. The van der Waals surface area contributed by atoms with Gasteiger partial charge in [-0.2, -0.15) is 0 Å². The van der Waals surface area contributed by atoms with Crippen LogP contribution in [0.25, 0.3) is 5.76 Å². The van der Waals surface area contributed by atoms with E-state index < -0.39 is 17.7 Å². The molecule has 1 N–H and O–H groups in total. The lowest BCUT2D eigenvalue weighted by molar-refractivity contribution is -0.132. The third-order valence-electron chi connectivity index (χ3n) is 5.04. The van der Waals surface area contributed by atoms with Crippen molar-refractivity contribution >= 4 is 33.9 Å². The molecule has 0 bridgehead atoms. The predicted octanol–water partition coefficient (Wildman–Crippen LogP) is 4.89. The fourth-order valence-corrected chi connectivity index (χ4v) is 4.16. The molecule has 1 aromatic heterocycles. The lowest BCUT2D eigenvalue weighted by atomic mass is 9.93. The van der Waals surface area contributed by atoms with Crippen LogP contribution in [0.5, 0.6) is 0 Å². The second kappa shape index (κ2) is 7.64. The summed E-state index contributed by atoms with van der Waals surface area (Å²) in [5.41, 5.74) is 2.48. The van der Waals surface area contributed by atoms with E-state index in [9.17, 15) is 14.7 Å². The maximum Gasteiger partial charge on any atom is 0.301 e. The molecule has 2 heterocycles. The molecular formula is C23H20N2O3S. The van der Waals surface area contributed by atoms with Crippen molar-refractivity contribution in [2.75, 3.05) is 4.90 Å². The zero-order valence-electron chi connectivity index (χ0n) is 16.1. The van der Waals surface area contributed by atoms with Gasteiger partial charge in [0.15, 0.2) is 5.13 Å². The molecule has 4 rings (SSSR count). The number of anilines is 1. The smallest absolute Gasteiger partial charge is 0.301 e. The highest BCUT2D eigenvalue weighted by molar-refractivity contribution is 7.14. The van der Waals surface area contributed by atoms with Gasteiger partial charge in [-0.05, 0) is 17.0 Å². The number of aliphatic hydroxyl groups excluding tert-OH is 1. The van der Waals surface area contributed by atoms with E-state index in [-0.39, 0.29) is 11.3 Å². The minimum atomic E-state index is -0.734. The number of benzene rings is 2. The van der Waals surface area contributed by atoms with E-state index in [2.05, 4.69) is 18.8 Å². The van der Waals surface area contributed by atoms with Gasteiger partial charge in [0.25, 0.3) is 5.78 Å². The molecule has 1 aliphatic heterocycles. The van der Waals surface area contributed by atoms with Gasteiger partial charge in [-0.1, -0.05) is 68.4 Å². The van der Waals surface area contributed by atoms with Crippen LogP contribution in [-0.2, 0) is 9.59 Å². The Morgan fingerprint density at radius 2 is 1.76 bits per heavy atom. The number of ketones is 1. The zero-order chi connectivity index (χ0) is 20.5. The number of rotatable bonds is 4. The monoisotopic (exact) mass is 404 g/mol. The normalized spacial score (nSPS) is 18.6. The molecule has 0 spiro atoms. The van der Waals surface area contributed by atoms with Crippen molar-refractivity contribution in [3.05, 3.63) is 88.4 Å². The number of aliphatic hydroxyl groups is 1. The number of thiazole rings is 1. The fourth-order valence-electron chi connectivity index (χ4n) is 3.49. The first-order chi connectivity index (χ1) is 14.0. The summed E-state index contributed by atoms with van der Waals surface area (Å²) < 4.78 is 0. The van der Waals surface area contributed by atoms with Gasteiger partial charge >= 0.3 is 5.91 Å². The summed E-state index contributed by atoms with van der Waals surface area (Å²) >= 11 is 1.28. The molecule has 1 saturated heterocycles. The first-order valence-corrected chi connectivity index (χ1v) is 10.2. The predicted molar refractivity (Wildman–Crippen MR) is 114 cm³/mol. The van der Waals surface area contributed by atoms with Crippen molar-refractivity contribution in [2.45, 2.75) is 25.8 Å². The Balaban J connectivity index is 1.91. The average molecular weight is 404 g/mol. The number of amides is 1. The van der Waals surface area contributed by atoms with Crippen LogP contribution in [0.2, 0.25) is 0 Å². The third-order valence-corrected chi connectivity index (χ3v) is 5.81. The molecule has 3 aromatic rings. The second-order valence-corrected chi connectivity index (χ2v) is 8.04. The van der Waals surface area contributed by atoms with Crippen LogP contribution in [0.3, 0.4) is 0 Å². The standard InChI is InChI=1S/C23H20N2O3S/c1-14(2)15-8-10-16(11-9-15)19-18(20(26)17-6-4-3-5-7-17)21(27)22(28)25(19)23-24-12-13-29-23/h3-14,19,26H,1-2H3/b20-18-. The van der Waals surface area contributed by atoms with Crippen LogP contribution >= 0.6 is 11.3 Å². The summed E-state index contributed by atoms with van der Waals surface area (Å²) in [6.45, 7) is 4.21. The highest BCUT2D eigenvalue weighted by Crippen LogP contribution is 2.42. The topological polar surface area (TPSA) is 70.5 Å². The minimum Gasteiger partial charge on any atom is -0.507 e. The summed E-state index contributed by atoms with van der Waals surface area (Å²) in [6.07, 6.45) is 1.59. The largest absolute Gasteiger partial charge is 0.507 e. The van der Waals surface area contributed by atoms with Gasteiger partial charge < -0.3 is 5.11 Å². The number of hydrogen-bond acceptors (Lipinski definition) is 5. The molecule has 0 radical (unpaired) electrons. The van der Waals surface area contributed by atoms with Gasteiger partial charge in [0, 0.05) is 17.1 Å². The fraction of sp³-hybridized carbons (Fsp3) is 0.174. The molecule has 2 aromatic carbocycles. The second-order valence-electron chi connectivity index (χ2n) is 7.17. The number of hydrogen-bond donors (Lipinski definition) is 1. The van der Waals surface area contributed by atoms with Gasteiger partial charge in [-0.15, -0.1) is 11.3 Å². The molecule has 0 aliphatic carbocycles. The summed E-state index contributed by atoms with van der Waals surface area (Å²) in [5.74, 6) is -1.21. The van der Waals surface area contributed by atoms with E-state index in [0.717, 1.165) is 11.1 Å². The molecule has 5 nitrogen and oxygen atoms in total. The van der Waals surface area contributed by atoms with Gasteiger partial charge in [0.05, 0.1) is 11.6 Å². The number of aromatic nitrogens is 1. The van der Waals surface area contributed by atoms with Crippen LogP contribution in [0.1, 0.15) is 42.5 Å². The molecule has 1 atom stereocenters. The Labute approximate surface area is 173 Å². The van der Waals surface area contributed by atoms with Crippen molar-refractivity contribution in [3.63, 3.8) is 0 Å². The molecule has 1 fully saturated rings. The van der Waals surface area contributed by atoms with Crippen LogP contribution in [0.15, 0.2) is 71.7 Å². The minimum absolute atomic E-state index is 0.0775. The van der Waals surface area contributed by atoms with Crippen LogP contribution in [0, 0.1) is 0 Å². The number of Topliss-reactive ketones (excluding diaryl/α,β-unsaturated/α-hetero) is 1. The van der Waals surface area contributed by atoms with E-state index in [1.165, 1.54) is 16.2 Å². The van der Waals surface area contributed by atoms with Crippen LogP contribution < -0.4 is 4.90 Å². The number of nitrogens with zero attached hydrogens (tertiary/aromatic N) is 2. The van der Waals surface area contributed by atoms with Gasteiger partial charge in [0.2, 0.25) is 0 Å². The van der Waals surface area contributed by atoms with Crippen molar-refractivity contribution in [1.29, 1.82) is 0 Å². The van der Waals surface area contributed by atoms with Crippen molar-refractivity contribution < 1.29 is 14.7 Å². The Hall–Kier alpha value is -3.25. The lowest BCUT2D eigenvalue weighted by Gasteiger charge is -2.23. The summed E-state index contributed by atoms with van der Waals surface area (Å²) in [5, 5.41) is 13.1. The maximum absolute atomic E-state index is 13.0. The molecule has 0 saturated carbocycles. The first-order valence-electron chi connectivity index (χ1n) is 9.35. The molecule has 146 valence electrons. The van der Waals surface area contributed by atoms with Crippen LogP contribution in [0.4, 0.5) is 5.13 Å². The molecule has 6 heteroatoms. The average Bonchev–Trinajstić information content (AvgIpc) is 3.35. The van der Waals surface area contributed by atoms with Crippen molar-refractivity contribution in [3.8, 4) is 0 Å². The lowest BCUT2D eigenvalue weighted by Crippen LogP contribution is -2.29. The molecular weight excluding hydrogens is 384 g/mol. The van der Waals surface area contributed by atoms with E-state index >= 15 is 0 Å². The van der Waals surface area contributed by atoms with Gasteiger partial charge in [0.1, 0.15) is 5.76 Å².